The third-order valence-electron chi connectivity index (χ3n) is 2.87. The summed E-state index contributed by atoms with van der Waals surface area (Å²) in [7, 11) is 1.81. The summed E-state index contributed by atoms with van der Waals surface area (Å²) in [5, 5.41) is 11.9. The van der Waals surface area contributed by atoms with Gasteiger partial charge in [0.05, 0.1) is 0 Å². The summed E-state index contributed by atoms with van der Waals surface area (Å²) in [4.78, 5) is 8.66. The predicted molar refractivity (Wildman–Crippen MR) is 78.3 cm³/mol. The molecule has 1 heterocycles. The van der Waals surface area contributed by atoms with Crippen molar-refractivity contribution >= 4 is 5.82 Å². The Hall–Kier alpha value is -2.14. The Morgan fingerprint density at radius 1 is 1.20 bits per heavy atom. The van der Waals surface area contributed by atoms with E-state index in [0.717, 1.165) is 29.4 Å². The predicted octanol–water partition coefficient (Wildman–Crippen LogP) is 2.41. The van der Waals surface area contributed by atoms with Crippen molar-refractivity contribution < 1.29 is 9.84 Å². The van der Waals surface area contributed by atoms with Crippen molar-refractivity contribution in [3.8, 4) is 11.6 Å². The van der Waals surface area contributed by atoms with E-state index in [2.05, 4.69) is 15.3 Å². The second-order valence-electron chi connectivity index (χ2n) is 4.33. The van der Waals surface area contributed by atoms with Gasteiger partial charge in [0.2, 0.25) is 5.88 Å². The van der Waals surface area contributed by atoms with E-state index in [0.29, 0.717) is 12.3 Å². The molecule has 0 saturated heterocycles. The van der Waals surface area contributed by atoms with Crippen LogP contribution in [0.25, 0.3) is 0 Å². The van der Waals surface area contributed by atoms with Gasteiger partial charge in [-0.2, -0.15) is 4.98 Å². The van der Waals surface area contributed by atoms with Crippen LogP contribution in [0.15, 0.2) is 30.3 Å². The molecule has 0 unspecified atom stereocenters. The maximum Gasteiger partial charge on any atom is 0.224 e. The van der Waals surface area contributed by atoms with Crippen molar-refractivity contribution in [2.24, 2.45) is 0 Å². The summed E-state index contributed by atoms with van der Waals surface area (Å²) < 4.78 is 5.74. The van der Waals surface area contributed by atoms with E-state index in [1.165, 1.54) is 0 Å². The van der Waals surface area contributed by atoms with Crippen molar-refractivity contribution in [3.05, 3.63) is 41.7 Å². The number of hydrogen-bond acceptors (Lipinski definition) is 5. The molecule has 0 aliphatic rings. The lowest BCUT2D eigenvalue weighted by molar-refractivity contribution is 0.299. The number of hydrogen-bond donors (Lipinski definition) is 2. The van der Waals surface area contributed by atoms with Gasteiger partial charge in [0.25, 0.3) is 0 Å². The first-order valence-corrected chi connectivity index (χ1v) is 6.68. The van der Waals surface area contributed by atoms with Gasteiger partial charge in [0.1, 0.15) is 17.4 Å². The van der Waals surface area contributed by atoms with Crippen molar-refractivity contribution in [2.75, 3.05) is 19.0 Å². The summed E-state index contributed by atoms with van der Waals surface area (Å²) in [6.45, 7) is 2.15. The van der Waals surface area contributed by atoms with Crippen molar-refractivity contribution in [1.29, 1.82) is 0 Å². The first-order chi connectivity index (χ1) is 9.75. The SMILES string of the molecule is CCc1nc(NC)cc(Oc2ccc(CCO)cc2)n1. The molecule has 5 nitrogen and oxygen atoms in total. The number of aliphatic hydroxyl groups excluding tert-OH is 1. The third-order valence-corrected chi connectivity index (χ3v) is 2.87. The molecular formula is C15H19N3O2. The number of nitrogens with zero attached hydrogens (tertiary/aromatic N) is 2. The molecule has 0 radical (unpaired) electrons. The van der Waals surface area contributed by atoms with E-state index in [-0.39, 0.29) is 6.61 Å². The van der Waals surface area contributed by atoms with Crippen LogP contribution in [0.2, 0.25) is 0 Å². The molecule has 5 heteroatoms. The minimum Gasteiger partial charge on any atom is -0.439 e. The lowest BCUT2D eigenvalue weighted by Gasteiger charge is -2.08. The fraction of sp³-hybridized carbons (Fsp3) is 0.333. The maximum absolute atomic E-state index is 8.88. The number of nitrogens with one attached hydrogen (secondary N) is 1. The van der Waals surface area contributed by atoms with Gasteiger partial charge in [-0.15, -0.1) is 0 Å². The molecule has 0 saturated carbocycles. The van der Waals surface area contributed by atoms with Crippen LogP contribution < -0.4 is 10.1 Å². The van der Waals surface area contributed by atoms with E-state index in [1.54, 1.807) is 6.07 Å². The molecule has 2 aromatic rings. The van der Waals surface area contributed by atoms with Gasteiger partial charge in [0.15, 0.2) is 0 Å². The molecular weight excluding hydrogens is 254 g/mol. The van der Waals surface area contributed by atoms with Crippen LogP contribution in [0.4, 0.5) is 5.82 Å². The standard InChI is InChI=1S/C15H19N3O2/c1-3-13-17-14(16-2)10-15(18-13)20-12-6-4-11(5-7-12)8-9-19/h4-7,10,19H,3,8-9H2,1-2H3,(H,16,17,18). The Morgan fingerprint density at radius 3 is 2.55 bits per heavy atom. The normalized spacial score (nSPS) is 10.3. The van der Waals surface area contributed by atoms with Crippen molar-refractivity contribution in [3.63, 3.8) is 0 Å². The van der Waals surface area contributed by atoms with Crippen LogP contribution in [-0.4, -0.2) is 28.7 Å². The molecule has 0 atom stereocenters. The Bertz CT molecular complexity index is 533. The van der Waals surface area contributed by atoms with Gasteiger partial charge in [-0.25, -0.2) is 4.98 Å². The van der Waals surface area contributed by atoms with E-state index < -0.39 is 0 Å². The van der Waals surface area contributed by atoms with Gasteiger partial charge in [-0.3, -0.25) is 0 Å². The average Bonchev–Trinajstić information content (AvgIpc) is 2.49. The van der Waals surface area contributed by atoms with E-state index in [4.69, 9.17) is 9.84 Å². The van der Waals surface area contributed by atoms with Crippen LogP contribution in [0.1, 0.15) is 18.3 Å². The first kappa shape index (κ1) is 14.3. The minimum atomic E-state index is 0.150. The van der Waals surface area contributed by atoms with E-state index >= 15 is 0 Å². The van der Waals surface area contributed by atoms with Crippen LogP contribution in [-0.2, 0) is 12.8 Å². The molecule has 0 aliphatic heterocycles. The van der Waals surface area contributed by atoms with Crippen LogP contribution in [0.5, 0.6) is 11.6 Å². The van der Waals surface area contributed by atoms with Gasteiger partial charge in [-0.1, -0.05) is 19.1 Å². The topological polar surface area (TPSA) is 67.3 Å². The summed E-state index contributed by atoms with van der Waals surface area (Å²) in [6, 6.07) is 9.38. The van der Waals surface area contributed by atoms with Gasteiger partial charge in [-0.05, 0) is 24.1 Å². The van der Waals surface area contributed by atoms with E-state index in [9.17, 15) is 0 Å². The third kappa shape index (κ3) is 3.68. The largest absolute Gasteiger partial charge is 0.439 e. The molecule has 20 heavy (non-hydrogen) atoms. The van der Waals surface area contributed by atoms with E-state index in [1.807, 2.05) is 38.2 Å². The molecule has 0 bridgehead atoms. The number of aromatic nitrogens is 2. The minimum absolute atomic E-state index is 0.150. The Balaban J connectivity index is 2.16. The number of rotatable bonds is 6. The van der Waals surface area contributed by atoms with Gasteiger partial charge < -0.3 is 15.2 Å². The molecule has 0 spiro atoms. The lowest BCUT2D eigenvalue weighted by atomic mass is 10.1. The number of anilines is 1. The molecule has 0 fully saturated rings. The van der Waals surface area contributed by atoms with Crippen LogP contribution in [0, 0.1) is 0 Å². The Morgan fingerprint density at radius 2 is 1.95 bits per heavy atom. The quantitative estimate of drug-likeness (QED) is 0.846. The molecule has 2 N–H and O–H groups in total. The molecule has 1 aromatic heterocycles. The summed E-state index contributed by atoms with van der Waals surface area (Å²) in [5.41, 5.74) is 1.08. The smallest absolute Gasteiger partial charge is 0.224 e. The Kier molecular flexibility index (Phi) is 4.90. The first-order valence-electron chi connectivity index (χ1n) is 6.68. The highest BCUT2D eigenvalue weighted by Crippen LogP contribution is 2.22. The number of ether oxygens (including phenoxy) is 1. The van der Waals surface area contributed by atoms with Crippen LogP contribution in [0.3, 0.4) is 0 Å². The number of benzene rings is 1. The Labute approximate surface area is 118 Å². The summed E-state index contributed by atoms with van der Waals surface area (Å²) in [6.07, 6.45) is 1.40. The molecule has 2 rings (SSSR count). The van der Waals surface area contributed by atoms with Crippen molar-refractivity contribution in [1.82, 2.24) is 9.97 Å². The molecule has 106 valence electrons. The van der Waals surface area contributed by atoms with Crippen LogP contribution >= 0.6 is 0 Å². The number of aryl methyl sites for hydroxylation is 1. The van der Waals surface area contributed by atoms with Crippen molar-refractivity contribution in [2.45, 2.75) is 19.8 Å². The zero-order valence-corrected chi connectivity index (χ0v) is 11.8. The fourth-order valence-electron chi connectivity index (χ4n) is 1.79. The highest BCUT2D eigenvalue weighted by Gasteiger charge is 2.05. The highest BCUT2D eigenvalue weighted by atomic mass is 16.5. The monoisotopic (exact) mass is 273 g/mol. The van der Waals surface area contributed by atoms with Gasteiger partial charge >= 0.3 is 0 Å². The zero-order chi connectivity index (χ0) is 14.4. The van der Waals surface area contributed by atoms with Gasteiger partial charge in [0, 0.05) is 26.1 Å². The number of aliphatic hydroxyl groups is 1. The zero-order valence-electron chi connectivity index (χ0n) is 11.8. The summed E-state index contributed by atoms with van der Waals surface area (Å²) in [5.74, 6) is 2.72. The second-order valence-corrected chi connectivity index (χ2v) is 4.33. The lowest BCUT2D eigenvalue weighted by Crippen LogP contribution is -2.01. The molecule has 1 aromatic carbocycles. The molecule has 0 aliphatic carbocycles. The fourth-order valence-corrected chi connectivity index (χ4v) is 1.79. The molecule has 0 amide bonds. The average molecular weight is 273 g/mol. The summed E-state index contributed by atoms with van der Waals surface area (Å²) >= 11 is 0. The second kappa shape index (κ2) is 6.86. The maximum atomic E-state index is 8.88. The highest BCUT2D eigenvalue weighted by molar-refractivity contribution is 5.39.